The standard InChI is InChI=1S/C16H24O/c1-12-6-8-15(9-7-12)16-5-3-4-14(11-16)10-13(2)17/h3-5,11-13,15,17H,6-10H2,1-2H3. The maximum Gasteiger partial charge on any atom is 0.0552 e. The fraction of sp³-hybridized carbons (Fsp3) is 0.625. The van der Waals surface area contributed by atoms with E-state index in [0.717, 1.165) is 18.3 Å². The third-order valence-electron chi connectivity index (χ3n) is 3.97. The first-order chi connectivity index (χ1) is 8.15. The molecule has 1 aliphatic carbocycles. The number of hydrogen-bond donors (Lipinski definition) is 1. The molecule has 1 nitrogen and oxygen atoms in total. The molecule has 0 heterocycles. The van der Waals surface area contributed by atoms with Gasteiger partial charge in [-0.2, -0.15) is 0 Å². The van der Waals surface area contributed by atoms with Gasteiger partial charge in [0, 0.05) is 0 Å². The largest absolute Gasteiger partial charge is 0.393 e. The van der Waals surface area contributed by atoms with Gasteiger partial charge >= 0.3 is 0 Å². The number of benzene rings is 1. The highest BCUT2D eigenvalue weighted by molar-refractivity contribution is 5.27. The van der Waals surface area contributed by atoms with Gasteiger partial charge in [0.1, 0.15) is 0 Å². The fourth-order valence-corrected chi connectivity index (χ4v) is 2.91. The summed E-state index contributed by atoms with van der Waals surface area (Å²) in [7, 11) is 0. The molecule has 0 aromatic heterocycles. The summed E-state index contributed by atoms with van der Waals surface area (Å²) < 4.78 is 0. The number of aliphatic hydroxyl groups excluding tert-OH is 1. The molecule has 0 saturated heterocycles. The molecule has 1 aliphatic rings. The molecule has 0 amide bonds. The highest BCUT2D eigenvalue weighted by Gasteiger charge is 2.19. The summed E-state index contributed by atoms with van der Waals surface area (Å²) in [5.41, 5.74) is 2.76. The van der Waals surface area contributed by atoms with Crippen LogP contribution in [0.4, 0.5) is 0 Å². The minimum atomic E-state index is -0.239. The smallest absolute Gasteiger partial charge is 0.0552 e. The lowest BCUT2D eigenvalue weighted by Crippen LogP contribution is -2.11. The van der Waals surface area contributed by atoms with Crippen LogP contribution in [0.1, 0.15) is 56.6 Å². The summed E-state index contributed by atoms with van der Waals surface area (Å²) in [6, 6.07) is 8.83. The van der Waals surface area contributed by atoms with Crippen LogP contribution in [0.5, 0.6) is 0 Å². The topological polar surface area (TPSA) is 20.2 Å². The minimum Gasteiger partial charge on any atom is -0.393 e. The van der Waals surface area contributed by atoms with E-state index in [1.54, 1.807) is 0 Å². The van der Waals surface area contributed by atoms with Crippen LogP contribution < -0.4 is 0 Å². The molecule has 0 aliphatic heterocycles. The van der Waals surface area contributed by atoms with Crippen LogP contribution in [-0.2, 0) is 6.42 Å². The van der Waals surface area contributed by atoms with Crippen molar-refractivity contribution in [1.82, 2.24) is 0 Å². The lowest BCUT2D eigenvalue weighted by molar-refractivity contribution is 0.195. The van der Waals surface area contributed by atoms with Crippen molar-refractivity contribution in [3.05, 3.63) is 35.4 Å². The number of aliphatic hydroxyl groups is 1. The third-order valence-corrected chi connectivity index (χ3v) is 3.97. The van der Waals surface area contributed by atoms with Crippen molar-refractivity contribution in [3.8, 4) is 0 Å². The average molecular weight is 232 g/mol. The minimum absolute atomic E-state index is 0.239. The average Bonchev–Trinajstić information content (AvgIpc) is 2.29. The van der Waals surface area contributed by atoms with E-state index >= 15 is 0 Å². The first-order valence-electron chi connectivity index (χ1n) is 6.92. The van der Waals surface area contributed by atoms with Gasteiger partial charge in [-0.05, 0) is 49.1 Å². The zero-order valence-corrected chi connectivity index (χ0v) is 11.0. The van der Waals surface area contributed by atoms with Gasteiger partial charge in [-0.25, -0.2) is 0 Å². The van der Waals surface area contributed by atoms with Crippen molar-refractivity contribution >= 4 is 0 Å². The van der Waals surface area contributed by atoms with E-state index in [1.165, 1.54) is 36.8 Å². The molecular weight excluding hydrogens is 208 g/mol. The molecule has 1 unspecified atom stereocenters. The molecule has 1 atom stereocenters. The molecule has 17 heavy (non-hydrogen) atoms. The van der Waals surface area contributed by atoms with Crippen molar-refractivity contribution < 1.29 is 5.11 Å². The second-order valence-corrected chi connectivity index (χ2v) is 5.75. The summed E-state index contributed by atoms with van der Waals surface area (Å²) in [6.45, 7) is 4.22. The van der Waals surface area contributed by atoms with E-state index in [9.17, 15) is 5.11 Å². The normalized spacial score (nSPS) is 26.8. The molecule has 1 N–H and O–H groups in total. The lowest BCUT2D eigenvalue weighted by atomic mass is 9.79. The van der Waals surface area contributed by atoms with Gasteiger partial charge in [-0.1, -0.05) is 44.0 Å². The van der Waals surface area contributed by atoms with Crippen molar-refractivity contribution in [2.24, 2.45) is 5.92 Å². The molecular formula is C16H24O. The van der Waals surface area contributed by atoms with Gasteiger partial charge in [0.25, 0.3) is 0 Å². The Morgan fingerprint density at radius 1 is 1.24 bits per heavy atom. The van der Waals surface area contributed by atoms with Crippen molar-refractivity contribution in [3.63, 3.8) is 0 Å². The van der Waals surface area contributed by atoms with E-state index in [4.69, 9.17) is 0 Å². The summed E-state index contributed by atoms with van der Waals surface area (Å²) >= 11 is 0. The quantitative estimate of drug-likeness (QED) is 0.838. The molecule has 1 aromatic carbocycles. The summed E-state index contributed by atoms with van der Waals surface area (Å²) in [5.74, 6) is 1.66. The van der Waals surface area contributed by atoms with Gasteiger partial charge in [0.15, 0.2) is 0 Å². The molecule has 0 bridgehead atoms. The molecule has 1 heteroatoms. The first-order valence-corrected chi connectivity index (χ1v) is 6.92. The van der Waals surface area contributed by atoms with Crippen LogP contribution in [0.2, 0.25) is 0 Å². The van der Waals surface area contributed by atoms with Crippen LogP contribution in [0, 0.1) is 5.92 Å². The Labute approximate surface area is 105 Å². The van der Waals surface area contributed by atoms with Crippen LogP contribution >= 0.6 is 0 Å². The Balaban J connectivity index is 2.05. The highest BCUT2D eigenvalue weighted by atomic mass is 16.3. The Hall–Kier alpha value is -0.820. The van der Waals surface area contributed by atoms with Gasteiger partial charge in [0.2, 0.25) is 0 Å². The lowest BCUT2D eigenvalue weighted by Gasteiger charge is -2.26. The predicted octanol–water partition coefficient (Wildman–Crippen LogP) is 3.90. The van der Waals surface area contributed by atoms with Gasteiger partial charge in [0.05, 0.1) is 6.10 Å². The maximum atomic E-state index is 9.44. The highest BCUT2D eigenvalue weighted by Crippen LogP contribution is 2.35. The van der Waals surface area contributed by atoms with E-state index < -0.39 is 0 Å². The van der Waals surface area contributed by atoms with E-state index in [-0.39, 0.29) is 6.10 Å². The van der Waals surface area contributed by atoms with E-state index in [0.29, 0.717) is 0 Å². The fourth-order valence-electron chi connectivity index (χ4n) is 2.91. The summed E-state index contributed by atoms with van der Waals surface area (Å²) in [5, 5.41) is 9.44. The van der Waals surface area contributed by atoms with Crippen LogP contribution in [-0.4, -0.2) is 11.2 Å². The Morgan fingerprint density at radius 2 is 1.94 bits per heavy atom. The van der Waals surface area contributed by atoms with Crippen LogP contribution in [0.3, 0.4) is 0 Å². The van der Waals surface area contributed by atoms with Gasteiger partial charge < -0.3 is 5.11 Å². The van der Waals surface area contributed by atoms with Gasteiger partial charge in [-0.3, -0.25) is 0 Å². The monoisotopic (exact) mass is 232 g/mol. The van der Waals surface area contributed by atoms with Crippen molar-refractivity contribution in [2.45, 2.75) is 58.0 Å². The van der Waals surface area contributed by atoms with E-state index in [2.05, 4.69) is 31.2 Å². The molecule has 1 saturated carbocycles. The number of hydrogen-bond acceptors (Lipinski definition) is 1. The molecule has 0 spiro atoms. The predicted molar refractivity (Wildman–Crippen MR) is 72.2 cm³/mol. The maximum absolute atomic E-state index is 9.44. The molecule has 2 rings (SSSR count). The molecule has 94 valence electrons. The summed E-state index contributed by atoms with van der Waals surface area (Å²) in [4.78, 5) is 0. The SMILES string of the molecule is CC(O)Cc1cccc(C2CCC(C)CC2)c1. The third kappa shape index (κ3) is 3.57. The zero-order valence-electron chi connectivity index (χ0n) is 11.0. The van der Waals surface area contributed by atoms with E-state index in [1.807, 2.05) is 6.92 Å². The second-order valence-electron chi connectivity index (χ2n) is 5.75. The molecule has 0 radical (unpaired) electrons. The van der Waals surface area contributed by atoms with Crippen molar-refractivity contribution in [2.75, 3.05) is 0 Å². The van der Waals surface area contributed by atoms with Gasteiger partial charge in [-0.15, -0.1) is 0 Å². The van der Waals surface area contributed by atoms with Crippen molar-refractivity contribution in [1.29, 1.82) is 0 Å². The van der Waals surface area contributed by atoms with Crippen LogP contribution in [0.25, 0.3) is 0 Å². The summed E-state index contributed by atoms with van der Waals surface area (Å²) in [6.07, 6.45) is 5.93. The Morgan fingerprint density at radius 3 is 2.59 bits per heavy atom. The second kappa shape index (κ2) is 5.68. The Kier molecular flexibility index (Phi) is 4.22. The molecule has 1 fully saturated rings. The number of rotatable bonds is 3. The van der Waals surface area contributed by atoms with Crippen LogP contribution in [0.15, 0.2) is 24.3 Å². The zero-order chi connectivity index (χ0) is 12.3. The Bertz CT molecular complexity index is 348. The molecule has 1 aromatic rings. The first kappa shape index (κ1) is 12.6.